The molecule has 0 aliphatic heterocycles. The van der Waals surface area contributed by atoms with Gasteiger partial charge in [0, 0.05) is 20.3 Å². The number of rotatable bonds is 5. The molecule has 0 rings (SSSR count). The van der Waals surface area contributed by atoms with Crippen molar-refractivity contribution < 1.29 is 0 Å². The lowest BCUT2D eigenvalue weighted by Crippen LogP contribution is -2.08. The highest BCUT2D eigenvalue weighted by atomic mass is 15.0. The van der Waals surface area contributed by atoms with Crippen LogP contribution in [0.3, 0.4) is 0 Å². The zero-order valence-electron chi connectivity index (χ0n) is 9.72. The molecule has 0 radical (unpaired) electrons. The summed E-state index contributed by atoms with van der Waals surface area (Å²) in [5.74, 6) is 0.630. The van der Waals surface area contributed by atoms with Gasteiger partial charge in [-0.15, -0.1) is 0 Å². The molecule has 0 aromatic rings. The molecule has 13 heavy (non-hydrogen) atoms. The summed E-state index contributed by atoms with van der Waals surface area (Å²) in [6, 6.07) is 0. The van der Waals surface area contributed by atoms with Crippen molar-refractivity contribution in [3.8, 4) is 0 Å². The van der Waals surface area contributed by atoms with E-state index < -0.39 is 0 Å². The number of hydrogen-bond donors (Lipinski definition) is 0. The van der Waals surface area contributed by atoms with Crippen LogP contribution in [0.15, 0.2) is 23.9 Å². The van der Waals surface area contributed by atoms with Crippen molar-refractivity contribution in [2.24, 2.45) is 5.92 Å². The molecule has 0 fully saturated rings. The molecule has 0 aliphatic rings. The third kappa shape index (κ3) is 4.76. The van der Waals surface area contributed by atoms with Crippen molar-refractivity contribution in [1.82, 2.24) is 4.90 Å². The van der Waals surface area contributed by atoms with Gasteiger partial charge < -0.3 is 4.90 Å². The summed E-state index contributed by atoms with van der Waals surface area (Å²) in [6.45, 7) is 10.6. The Kier molecular flexibility index (Phi) is 5.52. The van der Waals surface area contributed by atoms with Gasteiger partial charge in [0.25, 0.3) is 0 Å². The van der Waals surface area contributed by atoms with Gasteiger partial charge in [-0.25, -0.2) is 0 Å². The molecule has 1 heteroatoms. The Bertz CT molecular complexity index is 189. The van der Waals surface area contributed by atoms with Gasteiger partial charge in [-0.1, -0.05) is 32.4 Å². The Balaban J connectivity index is 4.51. The quantitative estimate of drug-likeness (QED) is 0.587. The first-order valence-electron chi connectivity index (χ1n) is 5.03. The maximum absolute atomic E-state index is 4.02. The van der Waals surface area contributed by atoms with Gasteiger partial charge in [0.15, 0.2) is 0 Å². The molecule has 0 saturated heterocycles. The first-order chi connectivity index (χ1) is 5.99. The van der Waals surface area contributed by atoms with E-state index in [1.54, 1.807) is 0 Å². The van der Waals surface area contributed by atoms with Crippen LogP contribution in [0.1, 0.15) is 33.6 Å². The largest absolute Gasteiger partial charge is 0.383 e. The Morgan fingerprint density at radius 2 is 2.00 bits per heavy atom. The lowest BCUT2D eigenvalue weighted by atomic mass is 9.92. The van der Waals surface area contributed by atoms with Gasteiger partial charge in [-0.05, 0) is 24.8 Å². The van der Waals surface area contributed by atoms with Crippen LogP contribution in [-0.2, 0) is 0 Å². The molecular formula is C12H23N. The summed E-state index contributed by atoms with van der Waals surface area (Å²) >= 11 is 0. The fourth-order valence-electron chi connectivity index (χ4n) is 1.52. The van der Waals surface area contributed by atoms with Crippen molar-refractivity contribution in [3.05, 3.63) is 23.9 Å². The first kappa shape index (κ1) is 12.3. The third-order valence-corrected chi connectivity index (χ3v) is 2.14. The van der Waals surface area contributed by atoms with E-state index in [2.05, 4.69) is 52.5 Å². The second kappa shape index (κ2) is 5.85. The predicted molar refractivity (Wildman–Crippen MR) is 60.7 cm³/mol. The summed E-state index contributed by atoms with van der Waals surface area (Å²) in [7, 11) is 4.11. The molecule has 1 atom stereocenters. The van der Waals surface area contributed by atoms with Crippen molar-refractivity contribution in [2.45, 2.75) is 33.6 Å². The average Bonchev–Trinajstić information content (AvgIpc) is 1.99. The van der Waals surface area contributed by atoms with Crippen molar-refractivity contribution in [2.75, 3.05) is 14.1 Å². The summed E-state index contributed by atoms with van der Waals surface area (Å²) in [6.07, 6.45) is 4.66. The molecule has 0 aromatic heterocycles. The van der Waals surface area contributed by atoms with E-state index in [0.29, 0.717) is 5.92 Å². The second-order valence-electron chi connectivity index (χ2n) is 4.02. The monoisotopic (exact) mass is 181 g/mol. The molecule has 1 nitrogen and oxygen atoms in total. The molecule has 0 heterocycles. The SMILES string of the molecule is C=C(C)/C(=C\N(C)C)[C@H](C)CCC. The maximum atomic E-state index is 4.02. The minimum Gasteiger partial charge on any atom is -0.383 e. The van der Waals surface area contributed by atoms with Crippen LogP contribution in [-0.4, -0.2) is 19.0 Å². The number of nitrogens with zero attached hydrogens (tertiary/aromatic N) is 1. The van der Waals surface area contributed by atoms with Crippen molar-refractivity contribution >= 4 is 0 Å². The van der Waals surface area contributed by atoms with E-state index >= 15 is 0 Å². The fraction of sp³-hybridized carbons (Fsp3) is 0.667. The van der Waals surface area contributed by atoms with Gasteiger partial charge in [-0.3, -0.25) is 0 Å². The number of allylic oxidation sites excluding steroid dienone is 2. The van der Waals surface area contributed by atoms with Crippen LogP contribution in [0.4, 0.5) is 0 Å². The lowest BCUT2D eigenvalue weighted by Gasteiger charge is -2.18. The summed E-state index contributed by atoms with van der Waals surface area (Å²) in [5.41, 5.74) is 2.57. The standard InChI is InChI=1S/C12H23N/c1-7-8-11(4)12(10(2)3)9-13(5)6/h9,11H,2,7-8H2,1,3-6H3/b12-9+/t11-/m1/s1. The average molecular weight is 181 g/mol. The van der Waals surface area contributed by atoms with Crippen LogP contribution in [0, 0.1) is 5.92 Å². The minimum absolute atomic E-state index is 0.630. The Morgan fingerprint density at radius 3 is 2.31 bits per heavy atom. The molecule has 0 N–H and O–H groups in total. The molecule has 0 amide bonds. The highest BCUT2D eigenvalue weighted by molar-refractivity contribution is 5.27. The molecule has 0 aromatic carbocycles. The van der Waals surface area contributed by atoms with Gasteiger partial charge >= 0.3 is 0 Å². The Hall–Kier alpha value is -0.720. The van der Waals surface area contributed by atoms with Gasteiger partial charge in [0.1, 0.15) is 0 Å². The van der Waals surface area contributed by atoms with E-state index in [1.807, 2.05) is 0 Å². The highest BCUT2D eigenvalue weighted by Gasteiger charge is 2.08. The van der Waals surface area contributed by atoms with Crippen LogP contribution >= 0.6 is 0 Å². The smallest absolute Gasteiger partial charge is 0.00557 e. The zero-order valence-corrected chi connectivity index (χ0v) is 9.72. The van der Waals surface area contributed by atoms with Crippen molar-refractivity contribution in [3.63, 3.8) is 0 Å². The molecule has 0 aliphatic carbocycles. The van der Waals surface area contributed by atoms with Gasteiger partial charge in [0.2, 0.25) is 0 Å². The zero-order chi connectivity index (χ0) is 10.4. The minimum atomic E-state index is 0.630. The topological polar surface area (TPSA) is 3.24 Å². The van der Waals surface area contributed by atoms with Crippen LogP contribution in [0.2, 0.25) is 0 Å². The van der Waals surface area contributed by atoms with E-state index in [-0.39, 0.29) is 0 Å². The Labute approximate surface area is 83.1 Å². The molecule has 0 spiro atoms. The molecular weight excluding hydrogens is 158 g/mol. The van der Waals surface area contributed by atoms with E-state index in [1.165, 1.54) is 24.0 Å². The Morgan fingerprint density at radius 1 is 1.46 bits per heavy atom. The summed E-state index contributed by atoms with van der Waals surface area (Å²) in [4.78, 5) is 2.09. The molecule has 76 valence electrons. The fourth-order valence-corrected chi connectivity index (χ4v) is 1.52. The normalized spacial score (nSPS) is 14.1. The predicted octanol–water partition coefficient (Wildman–Crippen LogP) is 3.44. The maximum Gasteiger partial charge on any atom is 0.00557 e. The summed E-state index contributed by atoms with van der Waals surface area (Å²) in [5, 5.41) is 0. The third-order valence-electron chi connectivity index (χ3n) is 2.14. The van der Waals surface area contributed by atoms with Gasteiger partial charge in [0.05, 0.1) is 0 Å². The highest BCUT2D eigenvalue weighted by Crippen LogP contribution is 2.22. The van der Waals surface area contributed by atoms with Crippen LogP contribution in [0.25, 0.3) is 0 Å². The first-order valence-corrected chi connectivity index (χ1v) is 5.03. The molecule has 0 saturated carbocycles. The van der Waals surface area contributed by atoms with Gasteiger partial charge in [-0.2, -0.15) is 0 Å². The van der Waals surface area contributed by atoms with E-state index in [0.717, 1.165) is 0 Å². The number of hydrogen-bond acceptors (Lipinski definition) is 1. The molecule has 0 unspecified atom stereocenters. The van der Waals surface area contributed by atoms with E-state index in [9.17, 15) is 0 Å². The van der Waals surface area contributed by atoms with E-state index in [4.69, 9.17) is 0 Å². The second-order valence-corrected chi connectivity index (χ2v) is 4.02. The van der Waals surface area contributed by atoms with Crippen LogP contribution in [0.5, 0.6) is 0 Å². The van der Waals surface area contributed by atoms with Crippen molar-refractivity contribution in [1.29, 1.82) is 0 Å². The molecule has 0 bridgehead atoms. The van der Waals surface area contributed by atoms with Crippen LogP contribution < -0.4 is 0 Å². The summed E-state index contributed by atoms with van der Waals surface area (Å²) < 4.78 is 0. The lowest BCUT2D eigenvalue weighted by molar-refractivity contribution is 0.532.